The Hall–Kier alpha value is -4.65. The number of likely N-dealkylation sites (N-methyl/N-ethyl adjacent to an activating group) is 1. The van der Waals surface area contributed by atoms with Crippen LogP contribution >= 0.6 is 0 Å². The molecule has 280 valence electrons. The number of methoxy groups -OCH3 is 1. The minimum Gasteiger partial charge on any atom is -0.493 e. The zero-order valence-corrected chi connectivity index (χ0v) is 31.1. The highest BCUT2D eigenvalue weighted by Gasteiger charge is 2.35. The van der Waals surface area contributed by atoms with Crippen LogP contribution < -0.4 is 25.8 Å². The van der Waals surface area contributed by atoms with Gasteiger partial charge in [0.25, 0.3) is 0 Å². The number of nitrogens with zero attached hydrogens (tertiary/aromatic N) is 1. The molecule has 0 aliphatic carbocycles. The van der Waals surface area contributed by atoms with Crippen molar-refractivity contribution in [2.24, 2.45) is 11.7 Å². The smallest absolute Gasteiger partial charge is 0.407 e. The van der Waals surface area contributed by atoms with Crippen molar-refractivity contribution in [3.63, 3.8) is 0 Å². The van der Waals surface area contributed by atoms with Crippen molar-refractivity contribution in [1.82, 2.24) is 15.5 Å². The summed E-state index contributed by atoms with van der Waals surface area (Å²) in [6.07, 6.45) is 1.14. The Morgan fingerprint density at radius 3 is 2.25 bits per heavy atom. The number of carbonyl (C=O) groups excluding carboxylic acids is 5. The first-order valence-electron chi connectivity index (χ1n) is 17.5. The summed E-state index contributed by atoms with van der Waals surface area (Å²) >= 11 is 0. The number of ether oxygens (including phenoxy) is 4. The second-order valence-corrected chi connectivity index (χ2v) is 13.8. The fourth-order valence-electron chi connectivity index (χ4n) is 5.77. The highest BCUT2D eigenvalue weighted by Crippen LogP contribution is 2.40. The third-order valence-electron chi connectivity index (χ3n) is 8.30. The lowest BCUT2D eigenvalue weighted by atomic mass is 9.89. The van der Waals surface area contributed by atoms with Gasteiger partial charge in [0.1, 0.15) is 35.8 Å². The van der Waals surface area contributed by atoms with E-state index in [-0.39, 0.29) is 31.8 Å². The number of benzene rings is 2. The van der Waals surface area contributed by atoms with E-state index in [1.807, 2.05) is 19.9 Å². The zero-order chi connectivity index (χ0) is 37.9. The van der Waals surface area contributed by atoms with Crippen LogP contribution in [0.2, 0.25) is 0 Å². The number of ketones is 1. The van der Waals surface area contributed by atoms with Crippen LogP contribution in [0.15, 0.2) is 36.4 Å². The van der Waals surface area contributed by atoms with Crippen LogP contribution in [0.4, 0.5) is 4.79 Å². The summed E-state index contributed by atoms with van der Waals surface area (Å²) in [7, 11) is 2.78. The molecule has 13 heteroatoms. The molecule has 1 heterocycles. The second kappa shape index (κ2) is 18.5. The largest absolute Gasteiger partial charge is 0.493 e. The number of amides is 3. The van der Waals surface area contributed by atoms with Gasteiger partial charge in [-0.2, -0.15) is 0 Å². The summed E-state index contributed by atoms with van der Waals surface area (Å²) in [5.74, 6) is -1.82. The number of Topliss-reactive ketones (excluding diaryl/α,β-unsaturated/α-hetero) is 1. The molecule has 3 amide bonds. The van der Waals surface area contributed by atoms with E-state index in [4.69, 9.17) is 24.7 Å². The molecule has 0 radical (unpaired) electrons. The lowest BCUT2D eigenvalue weighted by Gasteiger charge is -2.31. The molecule has 0 unspecified atom stereocenters. The topological polar surface area (TPSA) is 176 Å². The van der Waals surface area contributed by atoms with Crippen LogP contribution in [0.5, 0.6) is 11.5 Å². The molecule has 1 aliphatic heterocycles. The second-order valence-electron chi connectivity index (χ2n) is 13.8. The third-order valence-corrected chi connectivity index (χ3v) is 8.30. The number of nitrogens with one attached hydrogen (secondary N) is 2. The molecular formula is C38H54N4O9. The number of nitrogens with two attached hydrogens (primary N) is 1. The molecule has 4 bridgehead atoms. The van der Waals surface area contributed by atoms with Crippen LogP contribution in [-0.4, -0.2) is 86.2 Å². The van der Waals surface area contributed by atoms with Crippen LogP contribution in [-0.2, 0) is 35.1 Å². The van der Waals surface area contributed by atoms with E-state index < -0.39 is 53.5 Å². The SMILES string of the molecule is CCCOc1ccc2cc1-c1cc(ccc1OCCNC(=O)OC(C)(C)C)C[C@@H](C(=O)OC)NC(=O)[C@H](C)CC(=O)[C@H]2N(C)C(=O)[C@@H](N)CCC. The minimum atomic E-state index is -1.08. The molecule has 0 aromatic heterocycles. The highest BCUT2D eigenvalue weighted by atomic mass is 16.6. The van der Waals surface area contributed by atoms with Crippen LogP contribution in [0, 0.1) is 5.92 Å². The van der Waals surface area contributed by atoms with E-state index in [0.29, 0.717) is 53.2 Å². The van der Waals surface area contributed by atoms with Crippen molar-refractivity contribution in [2.45, 2.75) is 97.4 Å². The maximum atomic E-state index is 14.2. The van der Waals surface area contributed by atoms with E-state index in [2.05, 4.69) is 10.6 Å². The van der Waals surface area contributed by atoms with Crippen molar-refractivity contribution >= 4 is 29.7 Å². The summed E-state index contributed by atoms with van der Waals surface area (Å²) in [4.78, 5) is 67.6. The Labute approximate surface area is 300 Å². The van der Waals surface area contributed by atoms with Gasteiger partial charge in [-0.25, -0.2) is 9.59 Å². The van der Waals surface area contributed by atoms with Gasteiger partial charge in [-0.1, -0.05) is 39.3 Å². The summed E-state index contributed by atoms with van der Waals surface area (Å²) in [5.41, 5.74) is 7.92. The van der Waals surface area contributed by atoms with Crippen molar-refractivity contribution < 1.29 is 42.9 Å². The van der Waals surface area contributed by atoms with Crippen molar-refractivity contribution in [1.29, 1.82) is 0 Å². The van der Waals surface area contributed by atoms with Crippen LogP contribution in [0.3, 0.4) is 0 Å². The Balaban J connectivity index is 2.22. The predicted octanol–water partition coefficient (Wildman–Crippen LogP) is 4.48. The highest BCUT2D eigenvalue weighted by molar-refractivity contribution is 5.95. The van der Waals surface area contributed by atoms with Crippen LogP contribution in [0.1, 0.15) is 84.4 Å². The molecule has 2 aromatic rings. The van der Waals surface area contributed by atoms with Gasteiger partial charge in [-0.05, 0) is 69.0 Å². The zero-order valence-electron chi connectivity index (χ0n) is 31.1. The molecule has 2 aromatic carbocycles. The molecule has 0 fully saturated rings. The minimum absolute atomic E-state index is 0.0861. The Kier molecular flexibility index (Phi) is 14.8. The summed E-state index contributed by atoms with van der Waals surface area (Å²) in [6.45, 7) is 11.5. The molecular weight excluding hydrogens is 656 g/mol. The quantitative estimate of drug-likeness (QED) is 0.210. The molecule has 51 heavy (non-hydrogen) atoms. The van der Waals surface area contributed by atoms with E-state index in [1.165, 1.54) is 19.1 Å². The van der Waals surface area contributed by atoms with Gasteiger partial charge in [0.2, 0.25) is 11.8 Å². The van der Waals surface area contributed by atoms with Crippen LogP contribution in [0.25, 0.3) is 11.1 Å². The molecule has 4 N–H and O–H groups in total. The Morgan fingerprint density at radius 1 is 0.980 bits per heavy atom. The predicted molar refractivity (Wildman–Crippen MR) is 192 cm³/mol. The number of hydrogen-bond donors (Lipinski definition) is 3. The van der Waals surface area contributed by atoms with Gasteiger partial charge in [0.15, 0.2) is 5.78 Å². The first-order chi connectivity index (χ1) is 24.1. The molecule has 0 saturated heterocycles. The third kappa shape index (κ3) is 11.4. The lowest BCUT2D eigenvalue weighted by molar-refractivity contribution is -0.145. The molecule has 13 nitrogen and oxygen atoms in total. The number of esters is 1. The molecule has 4 atom stereocenters. The average Bonchev–Trinajstić information content (AvgIpc) is 3.07. The lowest BCUT2D eigenvalue weighted by Crippen LogP contribution is -2.47. The van der Waals surface area contributed by atoms with E-state index in [0.717, 1.165) is 6.42 Å². The van der Waals surface area contributed by atoms with E-state index in [1.54, 1.807) is 58.0 Å². The molecule has 0 spiro atoms. The normalized spacial score (nSPS) is 18.4. The average molecular weight is 711 g/mol. The summed E-state index contributed by atoms with van der Waals surface area (Å²) in [6, 6.07) is 7.68. The maximum Gasteiger partial charge on any atom is 0.407 e. The van der Waals surface area contributed by atoms with E-state index in [9.17, 15) is 24.0 Å². The van der Waals surface area contributed by atoms with Gasteiger partial charge in [-0.15, -0.1) is 0 Å². The van der Waals surface area contributed by atoms with Gasteiger partial charge in [0.05, 0.1) is 26.3 Å². The molecule has 1 aliphatic rings. The van der Waals surface area contributed by atoms with Gasteiger partial charge in [-0.3, -0.25) is 14.4 Å². The first kappa shape index (κ1) is 40.8. The monoisotopic (exact) mass is 710 g/mol. The number of alkyl carbamates (subject to hydrolysis) is 1. The number of fused-ring (bicyclic) bond motifs is 5. The maximum absolute atomic E-state index is 14.2. The first-order valence-corrected chi connectivity index (χ1v) is 17.5. The molecule has 3 rings (SSSR count). The van der Waals surface area contributed by atoms with Gasteiger partial charge >= 0.3 is 12.1 Å². The van der Waals surface area contributed by atoms with Crippen molar-refractivity contribution in [2.75, 3.05) is 33.9 Å². The summed E-state index contributed by atoms with van der Waals surface area (Å²) < 4.78 is 22.7. The fourth-order valence-corrected chi connectivity index (χ4v) is 5.77. The summed E-state index contributed by atoms with van der Waals surface area (Å²) in [5, 5.41) is 5.44. The number of hydrogen-bond acceptors (Lipinski definition) is 10. The van der Waals surface area contributed by atoms with Crippen molar-refractivity contribution in [3.05, 3.63) is 47.5 Å². The van der Waals surface area contributed by atoms with E-state index >= 15 is 0 Å². The number of carbonyl (C=O) groups is 5. The number of rotatable bonds is 12. The Bertz CT molecular complexity index is 1550. The standard InChI is InChI=1S/C38H54N4O9/c1-9-11-28(39)35(45)42(7)33-25-13-15-32(49-17-10-2)27(22-25)26-20-24(12-14-31(26)50-18-16-40-37(47)51-38(4,5)6)21-29(36(46)48-8)41-34(44)23(3)19-30(33)43/h12-15,20,22-23,28-29,33H,9-11,16-19,21,39H2,1-8H3,(H,40,47)(H,41,44)/t23-,28+,29+,33+/m1/s1. The van der Waals surface area contributed by atoms with Gasteiger partial charge in [0, 0.05) is 36.9 Å². The molecule has 0 saturated carbocycles. The van der Waals surface area contributed by atoms with Crippen molar-refractivity contribution in [3.8, 4) is 22.6 Å². The fraction of sp³-hybridized carbons (Fsp3) is 0.553. The van der Waals surface area contributed by atoms with Gasteiger partial charge < -0.3 is 40.2 Å². The Morgan fingerprint density at radius 2 is 1.63 bits per heavy atom.